The van der Waals surface area contributed by atoms with Gasteiger partial charge in [-0.05, 0) is 19.4 Å². The molecule has 5 heteroatoms. The first-order chi connectivity index (χ1) is 7.40. The van der Waals surface area contributed by atoms with Gasteiger partial charge in [-0.25, -0.2) is 8.93 Å². The first kappa shape index (κ1) is 14.8. The molecular formula is C11H17NO3S. The Bertz CT molecular complexity index is 358. The molecule has 16 heavy (non-hydrogen) atoms. The van der Waals surface area contributed by atoms with Gasteiger partial charge in [-0.3, -0.25) is 4.79 Å². The van der Waals surface area contributed by atoms with Crippen LogP contribution in [0.15, 0.2) is 36.0 Å². The van der Waals surface area contributed by atoms with E-state index >= 15 is 0 Å². The van der Waals surface area contributed by atoms with Crippen LogP contribution in [0.25, 0.3) is 0 Å². The van der Waals surface area contributed by atoms with Crippen LogP contribution in [0.2, 0.25) is 0 Å². The smallest absolute Gasteiger partial charge is 0.326 e. The van der Waals surface area contributed by atoms with Crippen molar-refractivity contribution in [3.05, 3.63) is 36.0 Å². The number of carbonyl (C=O) groups is 1. The predicted octanol–water partition coefficient (Wildman–Crippen LogP) is 1.40. The molecule has 4 nitrogen and oxygen atoms in total. The Morgan fingerprint density at radius 3 is 2.44 bits per heavy atom. The second-order valence-electron chi connectivity index (χ2n) is 3.27. The number of aliphatic carboxylic acids is 1. The Labute approximate surface area is 98.3 Å². The lowest BCUT2D eigenvalue weighted by atomic mass is 10.0. The molecular weight excluding hydrogens is 226 g/mol. The van der Waals surface area contributed by atoms with E-state index in [2.05, 4.69) is 11.3 Å². The van der Waals surface area contributed by atoms with Crippen molar-refractivity contribution in [2.45, 2.75) is 19.9 Å². The number of hydrogen-bond donors (Lipinski definition) is 2. The van der Waals surface area contributed by atoms with Crippen molar-refractivity contribution in [2.75, 3.05) is 6.26 Å². The third kappa shape index (κ3) is 5.04. The Morgan fingerprint density at radius 1 is 1.56 bits per heavy atom. The molecule has 2 N–H and O–H groups in total. The van der Waals surface area contributed by atoms with E-state index in [1.807, 2.05) is 6.92 Å². The fraction of sp³-hybridized carbons (Fsp3) is 0.364. The summed E-state index contributed by atoms with van der Waals surface area (Å²) >= 11 is 0. The molecule has 0 bridgehead atoms. The highest BCUT2D eigenvalue weighted by atomic mass is 32.2. The van der Waals surface area contributed by atoms with Crippen molar-refractivity contribution in [1.29, 1.82) is 0 Å². The maximum Gasteiger partial charge on any atom is 0.326 e. The average Bonchev–Trinajstić information content (AvgIpc) is 2.15. The molecule has 0 aliphatic heterocycles. The van der Waals surface area contributed by atoms with Crippen molar-refractivity contribution < 1.29 is 14.1 Å². The second kappa shape index (κ2) is 7.14. The molecule has 0 saturated carbocycles. The molecule has 2 atom stereocenters. The molecule has 0 spiro atoms. The third-order valence-electron chi connectivity index (χ3n) is 1.80. The Hall–Kier alpha value is -1.20. The van der Waals surface area contributed by atoms with Crippen LogP contribution in [-0.2, 0) is 15.8 Å². The molecule has 0 saturated heterocycles. The highest BCUT2D eigenvalue weighted by molar-refractivity contribution is 7.82. The number of nitrogens with one attached hydrogen (secondary N) is 1. The fourth-order valence-electron chi connectivity index (χ4n) is 1.10. The zero-order valence-corrected chi connectivity index (χ0v) is 10.5. The standard InChI is InChI=1S/C11H17NO3S/c1-5-6-7-9(8(2)3)10(11(13)14)12-16(4)15/h5-7,10,12H,2H2,1,3-4H3,(H,13,14)/b6-5-,9-7+. The van der Waals surface area contributed by atoms with Gasteiger partial charge in [-0.2, -0.15) is 0 Å². The molecule has 0 rings (SSSR count). The number of hydrogen-bond acceptors (Lipinski definition) is 2. The normalized spacial score (nSPS) is 16.1. The number of carboxylic acid groups (broad SMARTS) is 1. The SMILES string of the molecule is C=C(C)/C(=C\C=C/C)C(NS(C)=O)C(=O)O. The second-order valence-corrected chi connectivity index (χ2v) is 4.42. The summed E-state index contributed by atoms with van der Waals surface area (Å²) in [6.45, 7) is 7.26. The minimum atomic E-state index is -1.40. The topological polar surface area (TPSA) is 66.4 Å². The summed E-state index contributed by atoms with van der Waals surface area (Å²) in [5, 5.41) is 9.04. The molecule has 0 radical (unpaired) electrons. The molecule has 0 aliphatic carbocycles. The molecule has 90 valence electrons. The molecule has 0 heterocycles. The average molecular weight is 243 g/mol. The number of rotatable bonds is 6. The lowest BCUT2D eigenvalue weighted by Gasteiger charge is -2.16. The lowest BCUT2D eigenvalue weighted by molar-refractivity contribution is -0.137. The van der Waals surface area contributed by atoms with Gasteiger partial charge < -0.3 is 5.11 Å². The van der Waals surface area contributed by atoms with E-state index in [1.165, 1.54) is 6.26 Å². The Kier molecular flexibility index (Phi) is 6.60. The summed E-state index contributed by atoms with van der Waals surface area (Å²) in [5.41, 5.74) is 1.14. The molecule has 0 aromatic carbocycles. The molecule has 0 aromatic heterocycles. The van der Waals surface area contributed by atoms with Gasteiger partial charge in [0.15, 0.2) is 0 Å². The van der Waals surface area contributed by atoms with Crippen molar-refractivity contribution in [1.82, 2.24) is 4.72 Å². The number of allylic oxidation sites excluding steroid dienone is 3. The lowest BCUT2D eigenvalue weighted by Crippen LogP contribution is -2.39. The maximum absolute atomic E-state index is 11.0. The van der Waals surface area contributed by atoms with E-state index in [9.17, 15) is 9.00 Å². The summed E-state index contributed by atoms with van der Waals surface area (Å²) in [7, 11) is -1.40. The highest BCUT2D eigenvalue weighted by Gasteiger charge is 2.23. The van der Waals surface area contributed by atoms with E-state index in [1.54, 1.807) is 25.2 Å². The monoisotopic (exact) mass is 243 g/mol. The summed E-state index contributed by atoms with van der Waals surface area (Å²) in [5.74, 6) is -1.08. The largest absolute Gasteiger partial charge is 0.480 e. The zero-order chi connectivity index (χ0) is 12.7. The van der Waals surface area contributed by atoms with E-state index in [0.29, 0.717) is 11.1 Å². The molecule has 0 aliphatic rings. The van der Waals surface area contributed by atoms with Gasteiger partial charge in [-0.1, -0.05) is 30.4 Å². The minimum Gasteiger partial charge on any atom is -0.480 e. The predicted molar refractivity (Wildman–Crippen MR) is 66.3 cm³/mol. The van der Waals surface area contributed by atoms with Crippen LogP contribution in [-0.4, -0.2) is 27.6 Å². The van der Waals surface area contributed by atoms with E-state index in [4.69, 9.17) is 5.11 Å². The summed E-state index contributed by atoms with van der Waals surface area (Å²) in [4.78, 5) is 11.0. The number of carboxylic acids is 1. The minimum absolute atomic E-state index is 0.515. The van der Waals surface area contributed by atoms with Gasteiger partial charge >= 0.3 is 5.97 Å². The van der Waals surface area contributed by atoms with Crippen LogP contribution >= 0.6 is 0 Å². The van der Waals surface area contributed by atoms with Gasteiger partial charge in [0, 0.05) is 6.26 Å². The zero-order valence-electron chi connectivity index (χ0n) is 9.69. The molecule has 0 aromatic rings. The van der Waals surface area contributed by atoms with Crippen LogP contribution in [0.4, 0.5) is 0 Å². The summed E-state index contributed by atoms with van der Waals surface area (Å²) < 4.78 is 13.5. The maximum atomic E-state index is 11.0. The van der Waals surface area contributed by atoms with Gasteiger partial charge in [0.05, 0.1) is 11.0 Å². The van der Waals surface area contributed by atoms with Crippen LogP contribution in [0, 0.1) is 0 Å². The fourth-order valence-corrected chi connectivity index (χ4v) is 1.66. The summed E-state index contributed by atoms with van der Waals surface area (Å²) in [6, 6.07) is -1.00. The Morgan fingerprint density at radius 2 is 2.12 bits per heavy atom. The van der Waals surface area contributed by atoms with Crippen molar-refractivity contribution in [2.24, 2.45) is 0 Å². The van der Waals surface area contributed by atoms with Crippen LogP contribution < -0.4 is 4.72 Å². The van der Waals surface area contributed by atoms with Crippen molar-refractivity contribution in [3.63, 3.8) is 0 Å². The van der Waals surface area contributed by atoms with Crippen LogP contribution in [0.1, 0.15) is 13.8 Å². The summed E-state index contributed by atoms with van der Waals surface area (Å²) in [6.07, 6.45) is 6.55. The van der Waals surface area contributed by atoms with Gasteiger partial charge in [-0.15, -0.1) is 0 Å². The van der Waals surface area contributed by atoms with Gasteiger partial charge in [0.25, 0.3) is 0 Å². The molecule has 2 unspecified atom stereocenters. The van der Waals surface area contributed by atoms with E-state index in [0.717, 1.165) is 0 Å². The van der Waals surface area contributed by atoms with Crippen molar-refractivity contribution in [3.8, 4) is 0 Å². The first-order valence-corrected chi connectivity index (χ1v) is 6.27. The van der Waals surface area contributed by atoms with Gasteiger partial charge in [0.2, 0.25) is 0 Å². The highest BCUT2D eigenvalue weighted by Crippen LogP contribution is 2.13. The molecule has 0 amide bonds. The quantitative estimate of drug-likeness (QED) is 0.693. The van der Waals surface area contributed by atoms with Crippen LogP contribution in [0.3, 0.4) is 0 Å². The van der Waals surface area contributed by atoms with Crippen molar-refractivity contribution >= 4 is 17.0 Å². The molecule has 0 fully saturated rings. The van der Waals surface area contributed by atoms with E-state index < -0.39 is 23.0 Å². The van der Waals surface area contributed by atoms with Crippen LogP contribution in [0.5, 0.6) is 0 Å². The third-order valence-corrected chi connectivity index (χ3v) is 2.37. The first-order valence-electron chi connectivity index (χ1n) is 4.71. The van der Waals surface area contributed by atoms with E-state index in [-0.39, 0.29) is 0 Å². The van der Waals surface area contributed by atoms with Gasteiger partial charge in [0.1, 0.15) is 6.04 Å². The Balaban J connectivity index is 5.18.